The topological polar surface area (TPSA) is 65.7 Å². The highest BCUT2D eigenvalue weighted by Crippen LogP contribution is 2.27. The van der Waals surface area contributed by atoms with Gasteiger partial charge in [0.2, 0.25) is 0 Å². The molecule has 0 saturated heterocycles. The monoisotopic (exact) mass is 276 g/mol. The van der Waals surface area contributed by atoms with Crippen LogP contribution in [0.2, 0.25) is 0 Å². The smallest absolute Gasteiger partial charge is 0.301 e. The Kier molecular flexibility index (Phi) is 4.27. The highest BCUT2D eigenvalue weighted by molar-refractivity contribution is 7.99. The number of aromatic nitrogens is 2. The minimum absolute atomic E-state index is 0.291. The number of nitrogens with one attached hydrogen (secondary N) is 2. The highest BCUT2D eigenvalue weighted by atomic mass is 32.2. The normalized spacial score (nSPS) is 10.6. The van der Waals surface area contributed by atoms with Crippen molar-refractivity contribution >= 4 is 11.8 Å². The summed E-state index contributed by atoms with van der Waals surface area (Å²) in [6.45, 7) is 4.02. The molecule has 2 rings (SSSR count). The Morgan fingerprint density at radius 1 is 1.11 bits per heavy atom. The number of aromatic amines is 2. The SMILES string of the molecule is CCCc1c(Sc2ccc(C)cc2)[nH]c(=O)[nH]c1=O. The van der Waals surface area contributed by atoms with Gasteiger partial charge in [-0.3, -0.25) is 9.78 Å². The molecule has 1 heterocycles. The molecule has 0 aliphatic rings. The van der Waals surface area contributed by atoms with E-state index in [9.17, 15) is 9.59 Å². The molecule has 0 bridgehead atoms. The molecule has 2 aromatic rings. The molecule has 19 heavy (non-hydrogen) atoms. The van der Waals surface area contributed by atoms with Crippen LogP contribution in [0.3, 0.4) is 0 Å². The first-order valence-electron chi connectivity index (χ1n) is 6.20. The fourth-order valence-electron chi connectivity index (χ4n) is 1.78. The third kappa shape index (κ3) is 3.38. The van der Waals surface area contributed by atoms with Crippen LogP contribution in [0.25, 0.3) is 0 Å². The lowest BCUT2D eigenvalue weighted by Gasteiger charge is -2.07. The molecule has 0 radical (unpaired) electrons. The zero-order chi connectivity index (χ0) is 13.8. The van der Waals surface area contributed by atoms with E-state index >= 15 is 0 Å². The van der Waals surface area contributed by atoms with E-state index in [4.69, 9.17) is 0 Å². The first kappa shape index (κ1) is 13.7. The predicted molar refractivity (Wildman–Crippen MR) is 77.0 cm³/mol. The predicted octanol–water partition coefficient (Wildman–Crippen LogP) is 2.48. The minimum atomic E-state index is -0.459. The highest BCUT2D eigenvalue weighted by Gasteiger charge is 2.10. The summed E-state index contributed by atoms with van der Waals surface area (Å²) < 4.78 is 0. The van der Waals surface area contributed by atoms with Crippen LogP contribution in [0.5, 0.6) is 0 Å². The van der Waals surface area contributed by atoms with Crippen molar-refractivity contribution in [3.8, 4) is 0 Å². The second-order valence-corrected chi connectivity index (χ2v) is 5.46. The van der Waals surface area contributed by atoms with Crippen molar-refractivity contribution in [3.05, 3.63) is 56.2 Å². The summed E-state index contributed by atoms with van der Waals surface area (Å²) in [7, 11) is 0. The van der Waals surface area contributed by atoms with E-state index in [0.29, 0.717) is 17.0 Å². The fraction of sp³-hybridized carbons (Fsp3) is 0.286. The summed E-state index contributed by atoms with van der Waals surface area (Å²) in [5.74, 6) is 0. The number of rotatable bonds is 4. The van der Waals surface area contributed by atoms with Crippen molar-refractivity contribution in [1.82, 2.24) is 9.97 Å². The Hall–Kier alpha value is -1.75. The van der Waals surface area contributed by atoms with Gasteiger partial charge in [0.05, 0.1) is 5.03 Å². The van der Waals surface area contributed by atoms with E-state index in [2.05, 4.69) is 9.97 Å². The zero-order valence-corrected chi connectivity index (χ0v) is 11.8. The van der Waals surface area contributed by atoms with E-state index in [-0.39, 0.29) is 5.56 Å². The van der Waals surface area contributed by atoms with Gasteiger partial charge < -0.3 is 4.98 Å². The van der Waals surface area contributed by atoms with Crippen molar-refractivity contribution < 1.29 is 0 Å². The van der Waals surface area contributed by atoms with Crippen LogP contribution < -0.4 is 11.2 Å². The van der Waals surface area contributed by atoms with Crippen LogP contribution in [0.15, 0.2) is 43.8 Å². The van der Waals surface area contributed by atoms with Crippen molar-refractivity contribution in [2.45, 2.75) is 36.6 Å². The summed E-state index contributed by atoms with van der Waals surface area (Å²) >= 11 is 1.42. The average molecular weight is 276 g/mol. The number of benzene rings is 1. The molecule has 1 aromatic heterocycles. The third-order valence-corrected chi connectivity index (χ3v) is 3.80. The second-order valence-electron chi connectivity index (χ2n) is 4.38. The summed E-state index contributed by atoms with van der Waals surface area (Å²) in [6.07, 6.45) is 1.51. The molecule has 0 aliphatic heterocycles. The van der Waals surface area contributed by atoms with Crippen molar-refractivity contribution in [3.63, 3.8) is 0 Å². The maximum absolute atomic E-state index is 11.8. The lowest BCUT2D eigenvalue weighted by Crippen LogP contribution is -2.26. The second kappa shape index (κ2) is 5.93. The molecule has 0 aliphatic carbocycles. The Labute approximate surface area is 115 Å². The van der Waals surface area contributed by atoms with Crippen LogP contribution in [0.1, 0.15) is 24.5 Å². The molecule has 0 atom stereocenters. The van der Waals surface area contributed by atoms with E-state index in [1.54, 1.807) is 0 Å². The van der Waals surface area contributed by atoms with Crippen LogP contribution in [0.4, 0.5) is 0 Å². The van der Waals surface area contributed by atoms with Crippen molar-refractivity contribution in [2.24, 2.45) is 0 Å². The Balaban J connectivity index is 2.40. The molecule has 0 amide bonds. The van der Waals surface area contributed by atoms with E-state index in [1.165, 1.54) is 17.3 Å². The van der Waals surface area contributed by atoms with E-state index < -0.39 is 5.69 Å². The zero-order valence-electron chi connectivity index (χ0n) is 10.9. The summed E-state index contributed by atoms with van der Waals surface area (Å²) in [5, 5.41) is 0.638. The average Bonchev–Trinajstić information content (AvgIpc) is 2.36. The van der Waals surface area contributed by atoms with Crippen molar-refractivity contribution in [1.29, 1.82) is 0 Å². The molecule has 2 N–H and O–H groups in total. The molecule has 0 fully saturated rings. The van der Waals surface area contributed by atoms with Crippen LogP contribution in [-0.4, -0.2) is 9.97 Å². The largest absolute Gasteiger partial charge is 0.326 e. The number of H-pyrrole nitrogens is 2. The molecule has 100 valence electrons. The van der Waals surface area contributed by atoms with Crippen LogP contribution >= 0.6 is 11.8 Å². The molecular formula is C14H16N2O2S. The quantitative estimate of drug-likeness (QED) is 0.843. The van der Waals surface area contributed by atoms with Gasteiger partial charge in [0.1, 0.15) is 0 Å². The van der Waals surface area contributed by atoms with E-state index in [0.717, 1.165) is 11.3 Å². The summed E-state index contributed by atoms with van der Waals surface area (Å²) in [5.41, 5.74) is 1.07. The molecule has 0 spiro atoms. The Morgan fingerprint density at radius 3 is 2.42 bits per heavy atom. The maximum Gasteiger partial charge on any atom is 0.326 e. The number of aryl methyl sites for hydroxylation is 1. The Morgan fingerprint density at radius 2 is 1.79 bits per heavy atom. The first-order valence-corrected chi connectivity index (χ1v) is 7.02. The molecule has 0 saturated carbocycles. The van der Waals surface area contributed by atoms with Gasteiger partial charge in [0.15, 0.2) is 0 Å². The van der Waals surface area contributed by atoms with Gasteiger partial charge in [-0.25, -0.2) is 4.79 Å². The minimum Gasteiger partial charge on any atom is -0.301 e. The molecule has 5 heteroatoms. The lowest BCUT2D eigenvalue weighted by molar-refractivity contribution is 0.819. The first-order chi connectivity index (χ1) is 9.10. The van der Waals surface area contributed by atoms with Gasteiger partial charge in [0, 0.05) is 10.5 Å². The standard InChI is InChI=1S/C14H16N2O2S/c1-3-4-11-12(17)15-14(18)16-13(11)19-10-7-5-9(2)6-8-10/h5-8H,3-4H2,1-2H3,(H2,15,16,17,18). The summed E-state index contributed by atoms with van der Waals surface area (Å²) in [4.78, 5) is 29.2. The van der Waals surface area contributed by atoms with Crippen LogP contribution in [-0.2, 0) is 6.42 Å². The Bertz CT molecular complexity index is 671. The summed E-state index contributed by atoms with van der Waals surface area (Å²) in [6, 6.07) is 7.98. The lowest BCUT2D eigenvalue weighted by atomic mass is 10.2. The van der Waals surface area contributed by atoms with Crippen LogP contribution in [0, 0.1) is 6.92 Å². The molecule has 1 aromatic carbocycles. The van der Waals surface area contributed by atoms with Gasteiger partial charge in [-0.1, -0.05) is 42.8 Å². The number of hydrogen-bond donors (Lipinski definition) is 2. The van der Waals surface area contributed by atoms with Gasteiger partial charge >= 0.3 is 5.69 Å². The number of hydrogen-bond acceptors (Lipinski definition) is 3. The van der Waals surface area contributed by atoms with Gasteiger partial charge in [-0.05, 0) is 25.5 Å². The maximum atomic E-state index is 11.8. The molecule has 0 unspecified atom stereocenters. The van der Waals surface area contributed by atoms with Gasteiger partial charge in [-0.15, -0.1) is 0 Å². The van der Waals surface area contributed by atoms with Crippen molar-refractivity contribution in [2.75, 3.05) is 0 Å². The van der Waals surface area contributed by atoms with Gasteiger partial charge in [0.25, 0.3) is 5.56 Å². The van der Waals surface area contributed by atoms with Gasteiger partial charge in [-0.2, -0.15) is 0 Å². The molecular weight excluding hydrogens is 260 g/mol. The third-order valence-electron chi connectivity index (χ3n) is 2.74. The fourth-order valence-corrected chi connectivity index (χ4v) is 2.75. The molecule has 4 nitrogen and oxygen atoms in total. The van der Waals surface area contributed by atoms with E-state index in [1.807, 2.05) is 38.1 Å².